The molecule has 1 aromatic rings. The summed E-state index contributed by atoms with van der Waals surface area (Å²) < 4.78 is 4.84. The zero-order chi connectivity index (χ0) is 16.8. The normalized spacial score (nSPS) is 14.0. The van der Waals surface area contributed by atoms with Gasteiger partial charge in [-0.1, -0.05) is 10.7 Å². The summed E-state index contributed by atoms with van der Waals surface area (Å²) in [5.41, 5.74) is 3.56. The predicted octanol–water partition coefficient (Wildman–Crippen LogP) is 2.18. The van der Waals surface area contributed by atoms with E-state index < -0.39 is 5.97 Å². The quantitative estimate of drug-likeness (QED) is 0.209. The fourth-order valence-electron chi connectivity index (χ4n) is 2.44. The summed E-state index contributed by atoms with van der Waals surface area (Å²) in [4.78, 5) is 26.7. The lowest BCUT2D eigenvalue weighted by atomic mass is 9.85. The van der Waals surface area contributed by atoms with Crippen molar-refractivity contribution in [2.24, 2.45) is 5.16 Å². The van der Waals surface area contributed by atoms with E-state index in [4.69, 9.17) is 4.74 Å². The summed E-state index contributed by atoms with van der Waals surface area (Å²) in [5.74, 6) is -0.409. The molecule has 0 unspecified atom stereocenters. The number of carbonyl (C=O) groups is 2. The van der Waals surface area contributed by atoms with Crippen LogP contribution in [0.1, 0.15) is 36.9 Å². The monoisotopic (exact) mass is 317 g/mol. The molecule has 0 radical (unpaired) electrons. The average Bonchev–Trinajstić information content (AvgIpc) is 2.51. The maximum absolute atomic E-state index is 12.0. The molecule has 7 nitrogen and oxygen atoms in total. The molecule has 2 rings (SSSR count). The van der Waals surface area contributed by atoms with Crippen LogP contribution in [0, 0.1) is 6.92 Å². The molecule has 0 atom stereocenters. The molecule has 1 fully saturated rings. The second kappa shape index (κ2) is 7.53. The zero-order valence-corrected chi connectivity index (χ0v) is 13.1. The first-order valence-electron chi connectivity index (χ1n) is 7.28. The van der Waals surface area contributed by atoms with E-state index in [1.165, 1.54) is 13.3 Å². The molecule has 23 heavy (non-hydrogen) atoms. The standard InChI is InChI=1S/C16H19N3O4/c1-10-13(6-12(8-17-10)18-9-20)15(19-22)7-14(16(21)23-2)11-4-3-5-11/h6,8-9,22H,3-5,7H2,1-2H3,(H,18,20)/b19-15-. The number of allylic oxidation sites excluding steroid dienone is 1. The molecule has 122 valence electrons. The predicted molar refractivity (Wildman–Crippen MR) is 84.5 cm³/mol. The molecule has 0 aliphatic heterocycles. The molecule has 0 aromatic carbocycles. The first-order valence-corrected chi connectivity index (χ1v) is 7.28. The second-order valence-electron chi connectivity index (χ2n) is 5.27. The molecule has 0 spiro atoms. The SMILES string of the molecule is COC(=O)C(C/C(=N/O)c1cc(NC=O)cnc1C)=C1CCC1. The number of rotatable bonds is 6. The maximum Gasteiger partial charge on any atom is 0.334 e. The number of carbonyl (C=O) groups excluding carboxylic acids is 2. The lowest BCUT2D eigenvalue weighted by Crippen LogP contribution is -2.17. The van der Waals surface area contributed by atoms with Crippen molar-refractivity contribution in [2.75, 3.05) is 12.4 Å². The lowest BCUT2D eigenvalue weighted by molar-refractivity contribution is -0.136. The highest BCUT2D eigenvalue weighted by molar-refractivity contribution is 6.07. The van der Waals surface area contributed by atoms with Crippen LogP contribution in [0.2, 0.25) is 0 Å². The number of hydrogen-bond acceptors (Lipinski definition) is 6. The fourth-order valence-corrected chi connectivity index (χ4v) is 2.44. The van der Waals surface area contributed by atoms with Gasteiger partial charge in [-0.25, -0.2) is 4.79 Å². The van der Waals surface area contributed by atoms with Crippen molar-refractivity contribution in [2.45, 2.75) is 32.6 Å². The molecule has 1 saturated carbocycles. The van der Waals surface area contributed by atoms with Crippen LogP contribution in [0.3, 0.4) is 0 Å². The minimum atomic E-state index is -0.409. The number of pyridine rings is 1. The lowest BCUT2D eigenvalue weighted by Gasteiger charge is -2.21. The summed E-state index contributed by atoms with van der Waals surface area (Å²) in [5, 5.41) is 15.2. The van der Waals surface area contributed by atoms with Crippen LogP contribution in [0.15, 0.2) is 28.6 Å². The molecule has 0 saturated heterocycles. The Balaban J connectivity index is 2.35. The summed E-state index contributed by atoms with van der Waals surface area (Å²) >= 11 is 0. The summed E-state index contributed by atoms with van der Waals surface area (Å²) in [6, 6.07) is 1.66. The Morgan fingerprint density at radius 2 is 2.26 bits per heavy atom. The minimum Gasteiger partial charge on any atom is -0.466 e. The fraction of sp³-hybridized carbons (Fsp3) is 0.375. The number of hydrogen-bond donors (Lipinski definition) is 2. The van der Waals surface area contributed by atoms with E-state index in [0.717, 1.165) is 24.8 Å². The Morgan fingerprint density at radius 3 is 2.78 bits per heavy atom. The molecule has 1 amide bonds. The number of methoxy groups -OCH3 is 1. The third-order valence-corrected chi connectivity index (χ3v) is 3.90. The van der Waals surface area contributed by atoms with Crippen molar-refractivity contribution < 1.29 is 19.5 Å². The Labute approximate surface area is 134 Å². The van der Waals surface area contributed by atoms with Crippen LogP contribution in [0.25, 0.3) is 0 Å². The van der Waals surface area contributed by atoms with E-state index in [-0.39, 0.29) is 6.42 Å². The van der Waals surface area contributed by atoms with E-state index in [0.29, 0.717) is 34.6 Å². The smallest absolute Gasteiger partial charge is 0.334 e. The number of aromatic nitrogens is 1. The number of nitrogens with zero attached hydrogens (tertiary/aromatic N) is 2. The third-order valence-electron chi connectivity index (χ3n) is 3.90. The van der Waals surface area contributed by atoms with Gasteiger partial charge in [0.05, 0.1) is 24.7 Å². The van der Waals surface area contributed by atoms with E-state index in [9.17, 15) is 14.8 Å². The molecule has 1 heterocycles. The van der Waals surface area contributed by atoms with Gasteiger partial charge in [-0.3, -0.25) is 9.78 Å². The van der Waals surface area contributed by atoms with Gasteiger partial charge in [0.25, 0.3) is 0 Å². The zero-order valence-electron chi connectivity index (χ0n) is 13.1. The van der Waals surface area contributed by atoms with Gasteiger partial charge in [-0.2, -0.15) is 0 Å². The van der Waals surface area contributed by atoms with Gasteiger partial charge in [-0.05, 0) is 32.3 Å². The number of aryl methyl sites for hydroxylation is 1. The third kappa shape index (κ3) is 3.74. The molecule has 1 aromatic heterocycles. The first-order chi connectivity index (χ1) is 11.1. The van der Waals surface area contributed by atoms with Crippen LogP contribution < -0.4 is 5.32 Å². The number of anilines is 1. The van der Waals surface area contributed by atoms with Gasteiger partial charge < -0.3 is 15.3 Å². The Morgan fingerprint density at radius 1 is 1.52 bits per heavy atom. The molecular weight excluding hydrogens is 298 g/mol. The van der Waals surface area contributed by atoms with Crippen LogP contribution in [-0.2, 0) is 14.3 Å². The number of nitrogens with one attached hydrogen (secondary N) is 1. The second-order valence-corrected chi connectivity index (χ2v) is 5.27. The average molecular weight is 317 g/mol. The summed E-state index contributed by atoms with van der Waals surface area (Å²) in [7, 11) is 1.33. The maximum atomic E-state index is 12.0. The van der Waals surface area contributed by atoms with Crippen molar-refractivity contribution >= 4 is 23.8 Å². The topological polar surface area (TPSA) is 101 Å². The number of ether oxygens (including phenoxy) is 1. The van der Waals surface area contributed by atoms with Crippen molar-refractivity contribution in [1.29, 1.82) is 0 Å². The molecule has 7 heteroatoms. The molecule has 1 aliphatic carbocycles. The minimum absolute atomic E-state index is 0.158. The van der Waals surface area contributed by atoms with Crippen LogP contribution in [0.4, 0.5) is 5.69 Å². The first kappa shape index (κ1) is 16.7. The van der Waals surface area contributed by atoms with Crippen molar-refractivity contribution in [3.8, 4) is 0 Å². The molecular formula is C16H19N3O4. The Bertz CT molecular complexity index is 674. The molecule has 0 bridgehead atoms. The van der Waals surface area contributed by atoms with Gasteiger partial charge in [0.2, 0.25) is 6.41 Å². The van der Waals surface area contributed by atoms with Crippen LogP contribution >= 0.6 is 0 Å². The number of oxime groups is 1. The van der Waals surface area contributed by atoms with E-state index >= 15 is 0 Å². The van der Waals surface area contributed by atoms with Crippen molar-refractivity contribution in [1.82, 2.24) is 4.98 Å². The van der Waals surface area contributed by atoms with Gasteiger partial charge in [0.15, 0.2) is 0 Å². The highest BCUT2D eigenvalue weighted by atomic mass is 16.5. The number of esters is 1. The van der Waals surface area contributed by atoms with Gasteiger partial charge in [0, 0.05) is 23.3 Å². The summed E-state index contributed by atoms with van der Waals surface area (Å²) in [6.45, 7) is 1.76. The molecule has 2 N–H and O–H groups in total. The highest BCUT2D eigenvalue weighted by Gasteiger charge is 2.24. The highest BCUT2D eigenvalue weighted by Crippen LogP contribution is 2.31. The van der Waals surface area contributed by atoms with Crippen molar-refractivity contribution in [3.63, 3.8) is 0 Å². The van der Waals surface area contributed by atoms with E-state index in [2.05, 4.69) is 15.5 Å². The van der Waals surface area contributed by atoms with Crippen LogP contribution in [0.5, 0.6) is 0 Å². The van der Waals surface area contributed by atoms with E-state index in [1.807, 2.05) is 0 Å². The van der Waals surface area contributed by atoms with Gasteiger partial charge in [-0.15, -0.1) is 0 Å². The van der Waals surface area contributed by atoms with E-state index in [1.54, 1.807) is 13.0 Å². The Hall–Kier alpha value is -2.70. The van der Waals surface area contributed by atoms with Crippen molar-refractivity contribution in [3.05, 3.63) is 34.7 Å². The largest absolute Gasteiger partial charge is 0.466 e. The number of amides is 1. The molecule has 1 aliphatic rings. The van der Waals surface area contributed by atoms with Crippen LogP contribution in [-0.4, -0.2) is 35.4 Å². The van der Waals surface area contributed by atoms with Gasteiger partial charge in [0.1, 0.15) is 0 Å². The summed E-state index contributed by atoms with van der Waals surface area (Å²) in [6.07, 6.45) is 4.96. The Kier molecular flexibility index (Phi) is 5.46. The van der Waals surface area contributed by atoms with Gasteiger partial charge >= 0.3 is 5.97 Å².